The molecule has 3 nitrogen and oxygen atoms in total. The summed E-state index contributed by atoms with van der Waals surface area (Å²) in [5.41, 5.74) is 3.43. The lowest BCUT2D eigenvalue weighted by Gasteiger charge is -2.22. The van der Waals surface area contributed by atoms with E-state index in [0.29, 0.717) is 0 Å². The van der Waals surface area contributed by atoms with Crippen LogP contribution in [0.4, 0.5) is 0 Å². The molecule has 0 fully saturated rings. The number of hydrogen-bond donors (Lipinski definition) is 3. The standard InChI is InChI=1S/C18H23NO2/c1-12-6-4-5-7-15(12)10-13(2)19-14(3)17-9-8-16(20)11-18(17)21/h4-9,11,13-14,19-21H,10H2,1-3H3. The Bertz CT molecular complexity index is 610. The first-order valence-corrected chi connectivity index (χ1v) is 7.30. The number of benzene rings is 2. The molecule has 21 heavy (non-hydrogen) atoms. The molecule has 0 radical (unpaired) electrons. The van der Waals surface area contributed by atoms with Gasteiger partial charge >= 0.3 is 0 Å². The summed E-state index contributed by atoms with van der Waals surface area (Å²) in [5, 5.41) is 22.7. The fourth-order valence-electron chi connectivity index (χ4n) is 2.64. The Morgan fingerprint density at radius 2 is 1.76 bits per heavy atom. The van der Waals surface area contributed by atoms with Crippen LogP contribution in [-0.4, -0.2) is 16.3 Å². The second-order valence-electron chi connectivity index (χ2n) is 5.66. The zero-order chi connectivity index (χ0) is 15.4. The maximum absolute atomic E-state index is 9.91. The molecule has 2 unspecified atom stereocenters. The molecule has 2 aromatic rings. The van der Waals surface area contributed by atoms with Gasteiger partial charge < -0.3 is 15.5 Å². The Morgan fingerprint density at radius 3 is 2.43 bits per heavy atom. The van der Waals surface area contributed by atoms with E-state index in [9.17, 15) is 10.2 Å². The Hall–Kier alpha value is -2.00. The van der Waals surface area contributed by atoms with E-state index in [1.807, 2.05) is 13.0 Å². The van der Waals surface area contributed by atoms with E-state index in [4.69, 9.17) is 0 Å². The van der Waals surface area contributed by atoms with Gasteiger partial charge in [0.15, 0.2) is 0 Å². The van der Waals surface area contributed by atoms with E-state index in [0.717, 1.165) is 12.0 Å². The first-order valence-electron chi connectivity index (χ1n) is 7.30. The number of hydrogen-bond acceptors (Lipinski definition) is 3. The smallest absolute Gasteiger partial charge is 0.124 e. The van der Waals surface area contributed by atoms with Crippen molar-refractivity contribution in [3.63, 3.8) is 0 Å². The SMILES string of the molecule is Cc1ccccc1CC(C)NC(C)c1ccc(O)cc1O. The third-order valence-electron chi connectivity index (χ3n) is 3.80. The average Bonchev–Trinajstić information content (AvgIpc) is 2.41. The minimum atomic E-state index is 0.0182. The third kappa shape index (κ3) is 3.99. The van der Waals surface area contributed by atoms with E-state index in [1.165, 1.54) is 17.2 Å². The van der Waals surface area contributed by atoms with E-state index in [1.54, 1.807) is 12.1 Å². The zero-order valence-electron chi connectivity index (χ0n) is 12.8. The Labute approximate surface area is 126 Å². The average molecular weight is 285 g/mol. The molecule has 2 atom stereocenters. The van der Waals surface area contributed by atoms with Crippen LogP contribution in [0.1, 0.15) is 36.6 Å². The van der Waals surface area contributed by atoms with Crippen LogP contribution >= 0.6 is 0 Å². The monoisotopic (exact) mass is 285 g/mol. The first kappa shape index (κ1) is 15.4. The second kappa shape index (κ2) is 6.64. The van der Waals surface area contributed by atoms with E-state index in [2.05, 4.69) is 37.4 Å². The van der Waals surface area contributed by atoms with Gasteiger partial charge in [0.25, 0.3) is 0 Å². The van der Waals surface area contributed by atoms with Gasteiger partial charge in [-0.15, -0.1) is 0 Å². The molecule has 0 aliphatic heterocycles. The summed E-state index contributed by atoms with van der Waals surface area (Å²) in [6.07, 6.45) is 0.940. The van der Waals surface area contributed by atoms with Crippen LogP contribution < -0.4 is 5.32 Å². The van der Waals surface area contributed by atoms with Crippen LogP contribution in [0.2, 0.25) is 0 Å². The lowest BCUT2D eigenvalue weighted by Crippen LogP contribution is -2.31. The Balaban J connectivity index is 2.02. The summed E-state index contributed by atoms with van der Waals surface area (Å²) >= 11 is 0. The quantitative estimate of drug-likeness (QED) is 0.785. The molecular formula is C18H23NO2. The normalized spacial score (nSPS) is 13.9. The Morgan fingerprint density at radius 1 is 1.05 bits per heavy atom. The summed E-state index contributed by atoms with van der Waals surface area (Å²) < 4.78 is 0. The van der Waals surface area contributed by atoms with Gasteiger partial charge in [-0.25, -0.2) is 0 Å². The molecule has 0 saturated heterocycles. The van der Waals surface area contributed by atoms with Crippen molar-refractivity contribution >= 4 is 0 Å². The van der Waals surface area contributed by atoms with Crippen LogP contribution in [0.5, 0.6) is 11.5 Å². The summed E-state index contributed by atoms with van der Waals surface area (Å²) in [6.45, 7) is 6.28. The number of aryl methyl sites for hydroxylation is 1. The lowest BCUT2D eigenvalue weighted by molar-refractivity contribution is 0.424. The van der Waals surface area contributed by atoms with Gasteiger partial charge in [-0.2, -0.15) is 0 Å². The van der Waals surface area contributed by atoms with Crippen LogP contribution in [-0.2, 0) is 6.42 Å². The molecule has 112 valence electrons. The Kier molecular flexibility index (Phi) is 4.86. The van der Waals surface area contributed by atoms with Crippen molar-refractivity contribution in [1.29, 1.82) is 0 Å². The van der Waals surface area contributed by atoms with Crippen LogP contribution in [0.3, 0.4) is 0 Å². The molecule has 0 saturated carbocycles. The van der Waals surface area contributed by atoms with Crippen molar-refractivity contribution in [2.75, 3.05) is 0 Å². The molecule has 0 aliphatic carbocycles. The van der Waals surface area contributed by atoms with Crippen LogP contribution in [0.15, 0.2) is 42.5 Å². The highest BCUT2D eigenvalue weighted by atomic mass is 16.3. The second-order valence-corrected chi connectivity index (χ2v) is 5.66. The lowest BCUT2D eigenvalue weighted by atomic mass is 10.0. The van der Waals surface area contributed by atoms with E-state index < -0.39 is 0 Å². The van der Waals surface area contributed by atoms with Crippen molar-refractivity contribution in [1.82, 2.24) is 5.32 Å². The molecule has 0 bridgehead atoms. The number of rotatable bonds is 5. The summed E-state index contributed by atoms with van der Waals surface area (Å²) in [6, 6.07) is 13.4. The van der Waals surface area contributed by atoms with Crippen LogP contribution in [0, 0.1) is 6.92 Å². The van der Waals surface area contributed by atoms with Crippen molar-refractivity contribution in [2.24, 2.45) is 0 Å². The molecule has 2 aromatic carbocycles. The van der Waals surface area contributed by atoms with Gasteiger partial charge in [-0.05, 0) is 44.4 Å². The van der Waals surface area contributed by atoms with Gasteiger partial charge in [-0.3, -0.25) is 0 Å². The summed E-state index contributed by atoms with van der Waals surface area (Å²) in [4.78, 5) is 0. The molecule has 0 spiro atoms. The van der Waals surface area contributed by atoms with Gasteiger partial charge in [0.1, 0.15) is 11.5 Å². The van der Waals surface area contributed by atoms with Crippen molar-refractivity contribution in [3.05, 3.63) is 59.2 Å². The fourth-order valence-corrected chi connectivity index (χ4v) is 2.64. The van der Waals surface area contributed by atoms with Crippen LogP contribution in [0.25, 0.3) is 0 Å². The van der Waals surface area contributed by atoms with Gasteiger partial charge in [0.05, 0.1) is 0 Å². The number of phenolic OH excluding ortho intramolecular Hbond substituents is 2. The maximum Gasteiger partial charge on any atom is 0.124 e. The highest BCUT2D eigenvalue weighted by Crippen LogP contribution is 2.28. The number of phenols is 2. The molecule has 0 amide bonds. The van der Waals surface area contributed by atoms with Gasteiger partial charge in [0.2, 0.25) is 0 Å². The summed E-state index contributed by atoms with van der Waals surface area (Å²) in [7, 11) is 0. The maximum atomic E-state index is 9.91. The zero-order valence-corrected chi connectivity index (χ0v) is 12.8. The molecule has 3 heteroatoms. The first-order chi connectivity index (χ1) is 9.97. The van der Waals surface area contributed by atoms with E-state index in [-0.39, 0.29) is 23.6 Å². The van der Waals surface area contributed by atoms with Crippen molar-refractivity contribution in [3.8, 4) is 11.5 Å². The van der Waals surface area contributed by atoms with E-state index >= 15 is 0 Å². The minimum Gasteiger partial charge on any atom is -0.508 e. The predicted octanol–water partition coefficient (Wildman–Crippen LogP) is 3.69. The van der Waals surface area contributed by atoms with Crippen molar-refractivity contribution in [2.45, 2.75) is 39.3 Å². The molecule has 2 rings (SSSR count). The largest absolute Gasteiger partial charge is 0.508 e. The van der Waals surface area contributed by atoms with Crippen molar-refractivity contribution < 1.29 is 10.2 Å². The number of aromatic hydroxyl groups is 2. The summed E-state index contributed by atoms with van der Waals surface area (Å²) in [5.74, 6) is 0.203. The highest BCUT2D eigenvalue weighted by molar-refractivity contribution is 5.40. The van der Waals surface area contributed by atoms with Gasteiger partial charge in [-0.1, -0.05) is 30.3 Å². The fraction of sp³-hybridized carbons (Fsp3) is 0.333. The molecule has 0 aliphatic rings. The molecule has 0 aromatic heterocycles. The molecule has 3 N–H and O–H groups in total. The topological polar surface area (TPSA) is 52.5 Å². The minimum absolute atomic E-state index is 0.0182. The van der Waals surface area contributed by atoms with Gasteiger partial charge in [0, 0.05) is 23.7 Å². The number of nitrogens with one attached hydrogen (secondary N) is 1. The molecule has 0 heterocycles. The highest BCUT2D eigenvalue weighted by Gasteiger charge is 2.14. The third-order valence-corrected chi connectivity index (χ3v) is 3.80. The predicted molar refractivity (Wildman–Crippen MR) is 85.7 cm³/mol. The molecular weight excluding hydrogens is 262 g/mol.